The van der Waals surface area contributed by atoms with Crippen LogP contribution in [-0.2, 0) is 16.0 Å². The average Bonchev–Trinajstić information content (AvgIpc) is 2.39. The third kappa shape index (κ3) is 4.10. The molecule has 0 radical (unpaired) electrons. The highest BCUT2D eigenvalue weighted by Gasteiger charge is 2.26. The fraction of sp³-hybridized carbons (Fsp3) is 0.333. The van der Waals surface area contributed by atoms with Gasteiger partial charge < -0.3 is 9.47 Å². The lowest BCUT2D eigenvalue weighted by molar-refractivity contribution is -0.386. The van der Waals surface area contributed by atoms with Gasteiger partial charge in [0.25, 0.3) is 0 Å². The van der Waals surface area contributed by atoms with Crippen molar-refractivity contribution in [2.75, 3.05) is 6.61 Å². The number of carbonyl (C=O) groups excluding carboxylic acids is 1. The molecule has 0 aromatic heterocycles. The van der Waals surface area contributed by atoms with Crippen LogP contribution < -0.4 is 4.74 Å². The minimum Gasteiger partial charge on any atom is -0.466 e. The molecule has 0 amide bonds. The topological polar surface area (TPSA) is 102 Å². The molecule has 0 bridgehead atoms. The van der Waals surface area contributed by atoms with E-state index in [2.05, 4.69) is 9.47 Å². The molecule has 0 fully saturated rings. The molecular weight excluding hydrogens is 290 g/mol. The molecule has 21 heavy (non-hydrogen) atoms. The monoisotopic (exact) mass is 300 g/mol. The number of ether oxygens (including phenoxy) is 2. The van der Waals surface area contributed by atoms with E-state index in [-0.39, 0.29) is 17.7 Å². The van der Waals surface area contributed by atoms with Gasteiger partial charge in [0.15, 0.2) is 0 Å². The predicted molar refractivity (Wildman–Crippen MR) is 64.8 cm³/mol. The van der Waals surface area contributed by atoms with Crippen LogP contribution in [0.2, 0.25) is 0 Å². The smallest absolute Gasteiger partial charge is 0.387 e. The summed E-state index contributed by atoms with van der Waals surface area (Å²) in [6, 6.07) is 3.59. The van der Waals surface area contributed by atoms with Gasteiger partial charge in [0, 0.05) is 11.6 Å². The number of nitro groups is 1. The van der Waals surface area contributed by atoms with Crippen LogP contribution in [-0.4, -0.2) is 24.1 Å². The molecule has 0 saturated carbocycles. The Morgan fingerprint density at radius 1 is 1.52 bits per heavy atom. The summed E-state index contributed by atoms with van der Waals surface area (Å²) in [6.07, 6.45) is -0.583. The molecule has 1 aromatic carbocycles. The number of halogens is 2. The Bertz CT molecular complexity index is 598. The van der Waals surface area contributed by atoms with Crippen molar-refractivity contribution in [3.63, 3.8) is 0 Å². The summed E-state index contributed by atoms with van der Waals surface area (Å²) >= 11 is 0. The maximum absolute atomic E-state index is 12.4. The van der Waals surface area contributed by atoms with E-state index in [1.807, 2.05) is 0 Å². The average molecular weight is 300 g/mol. The first-order valence-corrected chi connectivity index (χ1v) is 5.71. The molecule has 0 heterocycles. The molecule has 7 nitrogen and oxygen atoms in total. The largest absolute Gasteiger partial charge is 0.466 e. The van der Waals surface area contributed by atoms with Crippen LogP contribution in [0.1, 0.15) is 18.1 Å². The van der Waals surface area contributed by atoms with Gasteiger partial charge in [0.2, 0.25) is 5.75 Å². The number of carbonyl (C=O) groups is 1. The van der Waals surface area contributed by atoms with Gasteiger partial charge in [-0.05, 0) is 13.0 Å². The molecule has 0 aliphatic carbocycles. The molecule has 9 heteroatoms. The van der Waals surface area contributed by atoms with E-state index in [1.54, 1.807) is 6.07 Å². The lowest BCUT2D eigenvalue weighted by atomic mass is 10.0. The number of nitro benzene ring substituents is 1. The molecule has 0 atom stereocenters. The van der Waals surface area contributed by atoms with Crippen molar-refractivity contribution < 1.29 is 28.0 Å². The maximum Gasteiger partial charge on any atom is 0.387 e. The standard InChI is InChI=1S/C12H10F2N2O5/c1-2-20-10(17)5-8-7(6-15)3-4-9(16(18)19)11(8)21-12(13)14/h3-4,12H,2,5H2,1H3. The molecule has 112 valence electrons. The number of alkyl halides is 2. The third-order valence-corrected chi connectivity index (χ3v) is 2.39. The number of rotatable bonds is 6. The van der Waals surface area contributed by atoms with E-state index in [0.29, 0.717) is 0 Å². The van der Waals surface area contributed by atoms with Gasteiger partial charge in [-0.3, -0.25) is 14.9 Å². The van der Waals surface area contributed by atoms with Gasteiger partial charge in [-0.15, -0.1) is 0 Å². The summed E-state index contributed by atoms with van der Waals surface area (Å²) in [5.74, 6) is -1.62. The molecule has 0 aliphatic rings. The van der Waals surface area contributed by atoms with Crippen molar-refractivity contribution in [2.24, 2.45) is 0 Å². The van der Waals surface area contributed by atoms with Crippen molar-refractivity contribution >= 4 is 11.7 Å². The second-order valence-corrected chi connectivity index (χ2v) is 3.67. The highest BCUT2D eigenvalue weighted by Crippen LogP contribution is 2.35. The summed E-state index contributed by atoms with van der Waals surface area (Å²) in [4.78, 5) is 21.4. The first kappa shape index (κ1) is 16.3. The van der Waals surface area contributed by atoms with E-state index in [0.717, 1.165) is 12.1 Å². The zero-order valence-corrected chi connectivity index (χ0v) is 10.8. The molecule has 1 rings (SSSR count). The fourth-order valence-corrected chi connectivity index (χ4v) is 1.62. The molecule has 0 unspecified atom stereocenters. The fourth-order valence-electron chi connectivity index (χ4n) is 1.62. The summed E-state index contributed by atoms with van der Waals surface area (Å²) in [7, 11) is 0. The first-order valence-electron chi connectivity index (χ1n) is 5.71. The van der Waals surface area contributed by atoms with Crippen LogP contribution in [0.5, 0.6) is 5.75 Å². The lowest BCUT2D eigenvalue weighted by Crippen LogP contribution is -2.13. The molecule has 0 N–H and O–H groups in total. The van der Waals surface area contributed by atoms with Crippen LogP contribution in [0.15, 0.2) is 12.1 Å². The van der Waals surface area contributed by atoms with Gasteiger partial charge in [-0.2, -0.15) is 14.0 Å². The number of benzene rings is 1. The Morgan fingerprint density at radius 3 is 2.67 bits per heavy atom. The number of hydrogen-bond donors (Lipinski definition) is 0. The Balaban J connectivity index is 3.40. The lowest BCUT2D eigenvalue weighted by Gasteiger charge is -2.12. The molecule has 1 aromatic rings. The van der Waals surface area contributed by atoms with E-state index >= 15 is 0 Å². The quantitative estimate of drug-likeness (QED) is 0.453. The molecular formula is C12H10F2N2O5. The highest BCUT2D eigenvalue weighted by molar-refractivity contribution is 5.76. The van der Waals surface area contributed by atoms with E-state index in [1.165, 1.54) is 6.92 Å². The van der Waals surface area contributed by atoms with Crippen molar-refractivity contribution in [1.82, 2.24) is 0 Å². The van der Waals surface area contributed by atoms with Gasteiger partial charge in [-0.25, -0.2) is 0 Å². The number of nitriles is 1. The zero-order valence-electron chi connectivity index (χ0n) is 10.8. The Labute approximate surface area is 117 Å². The van der Waals surface area contributed by atoms with Crippen molar-refractivity contribution in [3.8, 4) is 11.8 Å². The minimum atomic E-state index is -3.33. The maximum atomic E-state index is 12.4. The minimum absolute atomic E-state index is 0.0423. The van der Waals surface area contributed by atoms with Gasteiger partial charge in [0.1, 0.15) is 0 Å². The summed E-state index contributed by atoms with van der Waals surface area (Å²) < 4.78 is 33.6. The van der Waals surface area contributed by atoms with E-state index in [4.69, 9.17) is 5.26 Å². The van der Waals surface area contributed by atoms with Crippen LogP contribution in [0.25, 0.3) is 0 Å². The van der Waals surface area contributed by atoms with Gasteiger partial charge in [0.05, 0.1) is 29.6 Å². The van der Waals surface area contributed by atoms with Crippen LogP contribution >= 0.6 is 0 Å². The van der Waals surface area contributed by atoms with Crippen LogP contribution in [0.4, 0.5) is 14.5 Å². The van der Waals surface area contributed by atoms with Crippen LogP contribution in [0, 0.1) is 21.4 Å². The Kier molecular flexibility index (Phi) is 5.54. The second kappa shape index (κ2) is 7.14. The van der Waals surface area contributed by atoms with E-state index < -0.39 is 35.4 Å². The van der Waals surface area contributed by atoms with Gasteiger partial charge >= 0.3 is 18.3 Å². The third-order valence-electron chi connectivity index (χ3n) is 2.39. The molecule has 0 saturated heterocycles. The summed E-state index contributed by atoms with van der Waals surface area (Å²) in [5, 5.41) is 19.8. The van der Waals surface area contributed by atoms with Crippen LogP contribution in [0.3, 0.4) is 0 Å². The SMILES string of the molecule is CCOC(=O)Cc1c(C#N)ccc([N+](=O)[O-])c1OC(F)F. The second-order valence-electron chi connectivity index (χ2n) is 3.67. The normalized spacial score (nSPS) is 10.0. The predicted octanol–water partition coefficient (Wildman–Crippen LogP) is 2.17. The van der Waals surface area contributed by atoms with E-state index in [9.17, 15) is 23.7 Å². The Hall–Kier alpha value is -2.76. The number of esters is 1. The molecule has 0 spiro atoms. The van der Waals surface area contributed by atoms with Crippen molar-refractivity contribution in [2.45, 2.75) is 20.0 Å². The van der Waals surface area contributed by atoms with Gasteiger partial charge in [-0.1, -0.05) is 0 Å². The zero-order chi connectivity index (χ0) is 16.0. The Morgan fingerprint density at radius 2 is 2.19 bits per heavy atom. The van der Waals surface area contributed by atoms with Crippen molar-refractivity contribution in [3.05, 3.63) is 33.4 Å². The first-order chi connectivity index (χ1) is 9.90. The van der Waals surface area contributed by atoms with Crippen molar-refractivity contribution in [1.29, 1.82) is 5.26 Å². The number of hydrogen-bond acceptors (Lipinski definition) is 6. The molecule has 0 aliphatic heterocycles. The summed E-state index contributed by atoms with van der Waals surface area (Å²) in [6.45, 7) is -1.76. The number of nitrogens with zero attached hydrogens (tertiary/aromatic N) is 2. The summed E-state index contributed by atoms with van der Waals surface area (Å²) in [5.41, 5.74) is -1.23. The highest BCUT2D eigenvalue weighted by atomic mass is 19.3.